The lowest BCUT2D eigenvalue weighted by atomic mass is 9.91. The number of aromatic hydroxyl groups is 1. The fourth-order valence-electron chi connectivity index (χ4n) is 3.67. The lowest BCUT2D eigenvalue weighted by molar-refractivity contribution is 0.283. The minimum atomic E-state index is -0.339. The maximum absolute atomic E-state index is 10.3. The fourth-order valence-corrected chi connectivity index (χ4v) is 3.67. The van der Waals surface area contributed by atoms with Gasteiger partial charge in [-0.05, 0) is 56.2 Å². The van der Waals surface area contributed by atoms with Crippen molar-refractivity contribution in [3.63, 3.8) is 0 Å². The van der Waals surface area contributed by atoms with E-state index >= 15 is 0 Å². The number of nitrogens with zero attached hydrogens (tertiary/aromatic N) is 1. The molecule has 4 heteroatoms. The van der Waals surface area contributed by atoms with Gasteiger partial charge in [-0.25, -0.2) is 0 Å². The van der Waals surface area contributed by atoms with E-state index < -0.39 is 0 Å². The molecule has 0 bridgehead atoms. The normalized spacial score (nSPS) is 22.7. The molecular weight excluding hydrogens is 324 g/mol. The van der Waals surface area contributed by atoms with Crippen LogP contribution in [0.2, 0.25) is 0 Å². The van der Waals surface area contributed by atoms with E-state index in [-0.39, 0.29) is 11.7 Å². The van der Waals surface area contributed by atoms with Crippen LogP contribution in [-0.2, 0) is 0 Å². The number of phenols is 1. The predicted octanol–water partition coefficient (Wildman–Crippen LogP) is 4.83. The predicted molar refractivity (Wildman–Crippen MR) is 106 cm³/mol. The number of nitrogens with one attached hydrogen (secondary N) is 1. The molecule has 0 aliphatic carbocycles. The van der Waals surface area contributed by atoms with Crippen LogP contribution < -0.4 is 10.1 Å². The molecular formula is C22H28N2O2. The molecule has 2 atom stereocenters. The summed E-state index contributed by atoms with van der Waals surface area (Å²) in [6.07, 6.45) is 2.72. The van der Waals surface area contributed by atoms with Gasteiger partial charge in [-0.2, -0.15) is 0 Å². The number of ether oxygens (including phenoxy) is 1. The van der Waals surface area contributed by atoms with Gasteiger partial charge in [0.05, 0.1) is 6.61 Å². The van der Waals surface area contributed by atoms with Crippen LogP contribution in [0.4, 0.5) is 0 Å². The van der Waals surface area contributed by atoms with Crippen molar-refractivity contribution in [2.24, 2.45) is 4.99 Å². The van der Waals surface area contributed by atoms with E-state index in [4.69, 9.17) is 9.73 Å². The van der Waals surface area contributed by atoms with Crippen LogP contribution in [0.1, 0.15) is 57.2 Å². The summed E-state index contributed by atoms with van der Waals surface area (Å²) in [5.41, 5.74) is 2.76. The van der Waals surface area contributed by atoms with Crippen LogP contribution in [0.15, 0.2) is 53.5 Å². The fraction of sp³-hybridized carbons (Fsp3) is 0.409. The second-order valence-electron chi connectivity index (χ2n) is 7.00. The number of benzene rings is 2. The summed E-state index contributed by atoms with van der Waals surface area (Å²) in [4.78, 5) is 5.04. The summed E-state index contributed by atoms with van der Waals surface area (Å²) in [7, 11) is 0. The Hall–Kier alpha value is -2.33. The number of phenolic OH excluding ortho intramolecular Hbond substituents is 1. The van der Waals surface area contributed by atoms with E-state index in [2.05, 4.69) is 31.3 Å². The first-order valence-corrected chi connectivity index (χ1v) is 9.42. The van der Waals surface area contributed by atoms with Crippen LogP contribution in [0.3, 0.4) is 0 Å². The van der Waals surface area contributed by atoms with Gasteiger partial charge in [-0.15, -0.1) is 0 Å². The molecule has 0 amide bonds. The number of para-hydroxylation sites is 1. The summed E-state index contributed by atoms with van der Waals surface area (Å²) < 4.78 is 5.55. The molecule has 2 N–H and O–H groups in total. The van der Waals surface area contributed by atoms with Gasteiger partial charge < -0.3 is 9.84 Å². The molecule has 1 aliphatic heterocycles. The van der Waals surface area contributed by atoms with Crippen LogP contribution in [0.5, 0.6) is 11.5 Å². The molecule has 0 saturated heterocycles. The topological polar surface area (TPSA) is 53.9 Å². The van der Waals surface area contributed by atoms with Crippen molar-refractivity contribution < 1.29 is 9.84 Å². The van der Waals surface area contributed by atoms with Gasteiger partial charge in [-0.3, -0.25) is 10.3 Å². The highest BCUT2D eigenvalue weighted by molar-refractivity contribution is 6.01. The Bertz CT molecular complexity index is 770. The maximum atomic E-state index is 10.3. The monoisotopic (exact) mass is 352 g/mol. The second kappa shape index (κ2) is 7.92. The van der Waals surface area contributed by atoms with Crippen LogP contribution in [0.25, 0.3) is 0 Å². The largest absolute Gasteiger partial charge is 0.508 e. The zero-order valence-electron chi connectivity index (χ0n) is 15.8. The molecule has 0 radical (unpaired) electrons. The lowest BCUT2D eigenvalue weighted by Gasteiger charge is -2.38. The Balaban J connectivity index is 1.94. The molecule has 2 aromatic rings. The Labute approximate surface area is 155 Å². The maximum Gasteiger partial charge on any atom is 0.120 e. The van der Waals surface area contributed by atoms with Gasteiger partial charge in [0.15, 0.2) is 0 Å². The third kappa shape index (κ3) is 4.07. The lowest BCUT2D eigenvalue weighted by Crippen LogP contribution is -2.47. The van der Waals surface area contributed by atoms with Crippen molar-refractivity contribution in [1.29, 1.82) is 0 Å². The summed E-state index contributed by atoms with van der Waals surface area (Å²) in [6, 6.07) is 15.7. The van der Waals surface area contributed by atoms with Gasteiger partial charge in [0.25, 0.3) is 0 Å². The van der Waals surface area contributed by atoms with Crippen molar-refractivity contribution in [3.05, 3.63) is 59.7 Å². The quantitative estimate of drug-likeness (QED) is 0.783. The minimum Gasteiger partial charge on any atom is -0.508 e. The van der Waals surface area contributed by atoms with Gasteiger partial charge in [0.1, 0.15) is 17.2 Å². The van der Waals surface area contributed by atoms with Gasteiger partial charge in [0.2, 0.25) is 0 Å². The van der Waals surface area contributed by atoms with E-state index in [1.54, 1.807) is 6.07 Å². The van der Waals surface area contributed by atoms with Crippen LogP contribution >= 0.6 is 0 Å². The molecule has 0 fully saturated rings. The molecule has 0 aromatic heterocycles. The average Bonchev–Trinajstić information content (AvgIpc) is 2.62. The first kappa shape index (κ1) is 18.5. The van der Waals surface area contributed by atoms with E-state index in [1.165, 1.54) is 0 Å². The zero-order chi connectivity index (χ0) is 18.6. The molecule has 3 rings (SSSR count). The molecule has 26 heavy (non-hydrogen) atoms. The summed E-state index contributed by atoms with van der Waals surface area (Å²) in [5, 5.41) is 14.0. The van der Waals surface area contributed by atoms with Crippen molar-refractivity contribution in [2.75, 3.05) is 6.61 Å². The van der Waals surface area contributed by atoms with E-state index in [0.717, 1.165) is 41.9 Å². The standard InChI is InChI=1S/C22H28N2O2/c1-4-14-22(3)23-19(16-10-12-17(13-11-16)26-5-2)15-20(24-22)18-8-6-7-9-21(18)25/h6-13,20,24-25H,4-5,14-15H2,1-3H3/t20-,22+/m0/s1. The Morgan fingerprint density at radius 2 is 1.88 bits per heavy atom. The molecule has 2 aromatic carbocycles. The number of hydrogen-bond donors (Lipinski definition) is 2. The number of hydrogen-bond acceptors (Lipinski definition) is 4. The van der Waals surface area contributed by atoms with Crippen molar-refractivity contribution in [1.82, 2.24) is 5.32 Å². The van der Waals surface area contributed by atoms with Gasteiger partial charge >= 0.3 is 0 Å². The molecule has 0 spiro atoms. The van der Waals surface area contributed by atoms with Crippen molar-refractivity contribution in [3.8, 4) is 11.5 Å². The molecule has 4 nitrogen and oxygen atoms in total. The first-order valence-electron chi connectivity index (χ1n) is 9.42. The zero-order valence-corrected chi connectivity index (χ0v) is 15.8. The first-order chi connectivity index (χ1) is 12.5. The molecule has 0 unspecified atom stereocenters. The minimum absolute atomic E-state index is 0.0341. The van der Waals surface area contributed by atoms with Crippen LogP contribution in [-0.4, -0.2) is 23.1 Å². The number of rotatable bonds is 6. The highest BCUT2D eigenvalue weighted by Crippen LogP contribution is 2.34. The highest BCUT2D eigenvalue weighted by Gasteiger charge is 2.33. The van der Waals surface area contributed by atoms with Gasteiger partial charge in [-0.1, -0.05) is 31.5 Å². The highest BCUT2D eigenvalue weighted by atomic mass is 16.5. The summed E-state index contributed by atoms with van der Waals surface area (Å²) >= 11 is 0. The molecule has 1 aliphatic rings. The molecule has 0 saturated carbocycles. The Kier molecular flexibility index (Phi) is 5.62. The average molecular weight is 352 g/mol. The van der Waals surface area contributed by atoms with Gasteiger partial charge in [0, 0.05) is 23.7 Å². The van der Waals surface area contributed by atoms with Crippen molar-refractivity contribution in [2.45, 2.75) is 51.7 Å². The third-order valence-corrected chi connectivity index (χ3v) is 4.81. The molecule has 138 valence electrons. The number of aliphatic imine (C=N–C) groups is 1. The smallest absolute Gasteiger partial charge is 0.120 e. The Morgan fingerprint density at radius 1 is 1.15 bits per heavy atom. The second-order valence-corrected chi connectivity index (χ2v) is 7.00. The van der Waals surface area contributed by atoms with Crippen LogP contribution in [0, 0.1) is 0 Å². The SMILES string of the molecule is CCC[C@]1(C)N=C(c2ccc(OCC)cc2)C[C@@H](c2ccccc2O)N1. The van der Waals surface area contributed by atoms with Crippen molar-refractivity contribution >= 4 is 5.71 Å². The van der Waals surface area contributed by atoms with E-state index in [0.29, 0.717) is 12.4 Å². The Morgan fingerprint density at radius 3 is 2.54 bits per heavy atom. The van der Waals surface area contributed by atoms with E-state index in [1.807, 2.05) is 37.3 Å². The third-order valence-electron chi connectivity index (χ3n) is 4.81. The summed E-state index contributed by atoms with van der Waals surface area (Å²) in [6.45, 7) is 6.95. The molecule has 1 heterocycles. The summed E-state index contributed by atoms with van der Waals surface area (Å²) in [5.74, 6) is 1.20. The van der Waals surface area contributed by atoms with E-state index in [9.17, 15) is 5.11 Å².